The zero-order valence-electron chi connectivity index (χ0n) is 21.4. The monoisotopic (exact) mass is 499 g/mol. The van der Waals surface area contributed by atoms with Crippen LogP contribution in [0.3, 0.4) is 0 Å². The Kier molecular flexibility index (Phi) is 6.61. The molecule has 3 aromatic carbocycles. The molecular formula is C30H29NO6. The highest BCUT2D eigenvalue weighted by Gasteiger charge is 2.33. The van der Waals surface area contributed by atoms with Crippen LogP contribution in [0.15, 0.2) is 69.9 Å². The second kappa shape index (κ2) is 10.0. The summed E-state index contributed by atoms with van der Waals surface area (Å²) in [4.78, 5) is 27.4. The van der Waals surface area contributed by atoms with Crippen molar-refractivity contribution in [3.8, 4) is 17.2 Å². The number of rotatable bonds is 6. The Bertz CT molecular complexity index is 1520. The fourth-order valence-electron chi connectivity index (χ4n) is 4.88. The van der Waals surface area contributed by atoms with Crippen molar-refractivity contribution >= 4 is 16.9 Å². The first kappa shape index (κ1) is 24.4. The molecule has 0 N–H and O–H groups in total. The summed E-state index contributed by atoms with van der Waals surface area (Å²) in [5, 5.41) is 0.850. The number of nitrogens with zero attached hydrogens (tertiary/aromatic N) is 1. The minimum atomic E-state index is -0.403. The van der Waals surface area contributed by atoms with Crippen LogP contribution in [-0.2, 0) is 6.42 Å². The highest BCUT2D eigenvalue weighted by Crippen LogP contribution is 2.39. The molecule has 37 heavy (non-hydrogen) atoms. The van der Waals surface area contributed by atoms with Crippen LogP contribution >= 0.6 is 0 Å². The molecule has 0 unspecified atom stereocenters. The van der Waals surface area contributed by atoms with Crippen molar-refractivity contribution in [1.82, 2.24) is 4.90 Å². The number of hydrogen-bond acceptors (Lipinski definition) is 6. The van der Waals surface area contributed by atoms with Gasteiger partial charge in [-0.1, -0.05) is 17.7 Å². The van der Waals surface area contributed by atoms with Crippen LogP contribution in [0, 0.1) is 13.8 Å². The van der Waals surface area contributed by atoms with Crippen molar-refractivity contribution < 1.29 is 23.4 Å². The molecule has 0 aliphatic carbocycles. The molecule has 0 spiro atoms. The van der Waals surface area contributed by atoms with Crippen LogP contribution in [0.2, 0.25) is 0 Å². The van der Waals surface area contributed by atoms with Gasteiger partial charge in [0.2, 0.25) is 0 Å². The molecule has 1 aliphatic rings. The molecule has 5 rings (SSSR count). The van der Waals surface area contributed by atoms with Crippen LogP contribution < -0.4 is 19.8 Å². The molecule has 7 nitrogen and oxygen atoms in total. The average Bonchev–Trinajstić information content (AvgIpc) is 2.90. The molecule has 1 amide bonds. The van der Waals surface area contributed by atoms with E-state index in [1.54, 1.807) is 20.3 Å². The van der Waals surface area contributed by atoms with Gasteiger partial charge in [0.05, 0.1) is 20.3 Å². The second-order valence-electron chi connectivity index (χ2n) is 9.25. The van der Waals surface area contributed by atoms with Crippen molar-refractivity contribution in [2.24, 2.45) is 0 Å². The lowest BCUT2D eigenvalue weighted by Gasteiger charge is -2.37. The van der Waals surface area contributed by atoms with Gasteiger partial charge in [-0.05, 0) is 73.4 Å². The first-order valence-corrected chi connectivity index (χ1v) is 12.2. The van der Waals surface area contributed by atoms with E-state index < -0.39 is 5.63 Å². The Labute approximate surface area is 215 Å². The van der Waals surface area contributed by atoms with Gasteiger partial charge in [-0.3, -0.25) is 4.79 Å². The van der Waals surface area contributed by atoms with Gasteiger partial charge in [-0.25, -0.2) is 4.79 Å². The summed E-state index contributed by atoms with van der Waals surface area (Å²) in [7, 11) is 3.21. The van der Waals surface area contributed by atoms with E-state index in [2.05, 4.69) is 0 Å². The van der Waals surface area contributed by atoms with Gasteiger partial charge < -0.3 is 23.5 Å². The first-order chi connectivity index (χ1) is 17.9. The van der Waals surface area contributed by atoms with E-state index in [9.17, 15) is 9.59 Å². The summed E-state index contributed by atoms with van der Waals surface area (Å²) in [6.45, 7) is 4.61. The van der Waals surface area contributed by atoms with E-state index >= 15 is 0 Å². The molecule has 4 aromatic rings. The number of ether oxygens (including phenoxy) is 3. The van der Waals surface area contributed by atoms with Gasteiger partial charge in [-0.15, -0.1) is 0 Å². The number of benzene rings is 3. The summed E-state index contributed by atoms with van der Waals surface area (Å²) in [6, 6.07) is 18.0. The van der Waals surface area contributed by atoms with Crippen LogP contribution in [0.4, 0.5) is 0 Å². The predicted octanol–water partition coefficient (Wildman–Crippen LogP) is 5.25. The number of carbonyl (C=O) groups excluding carboxylic acids is 1. The van der Waals surface area contributed by atoms with Gasteiger partial charge in [0.25, 0.3) is 5.91 Å². The molecule has 1 atom stereocenters. The molecule has 0 saturated carbocycles. The summed E-state index contributed by atoms with van der Waals surface area (Å²) in [5.41, 5.74) is 4.66. The molecule has 0 saturated heterocycles. The zero-order chi connectivity index (χ0) is 26.1. The Morgan fingerprint density at radius 3 is 2.43 bits per heavy atom. The number of carbonyl (C=O) groups is 1. The molecule has 1 aliphatic heterocycles. The molecule has 0 fully saturated rings. The summed E-state index contributed by atoms with van der Waals surface area (Å²) < 4.78 is 22.7. The first-order valence-electron chi connectivity index (χ1n) is 12.2. The third-order valence-electron chi connectivity index (χ3n) is 6.89. The van der Waals surface area contributed by atoms with Gasteiger partial charge >= 0.3 is 5.63 Å². The molecule has 1 aromatic heterocycles. The maximum atomic E-state index is 13.6. The van der Waals surface area contributed by atoms with Crippen molar-refractivity contribution in [2.75, 3.05) is 27.4 Å². The minimum absolute atomic E-state index is 0.0610. The quantitative estimate of drug-likeness (QED) is 0.338. The third-order valence-corrected chi connectivity index (χ3v) is 6.89. The lowest BCUT2D eigenvalue weighted by Crippen LogP contribution is -2.42. The van der Waals surface area contributed by atoms with Crippen LogP contribution in [0.1, 0.15) is 38.7 Å². The highest BCUT2D eigenvalue weighted by molar-refractivity contribution is 5.94. The van der Waals surface area contributed by atoms with E-state index in [4.69, 9.17) is 18.6 Å². The fraction of sp³-hybridized carbons (Fsp3) is 0.267. The van der Waals surface area contributed by atoms with Crippen LogP contribution in [0.5, 0.6) is 17.2 Å². The van der Waals surface area contributed by atoms with E-state index in [0.29, 0.717) is 41.4 Å². The molecular weight excluding hydrogens is 470 g/mol. The van der Waals surface area contributed by atoms with Gasteiger partial charge in [-0.2, -0.15) is 0 Å². The van der Waals surface area contributed by atoms with E-state index in [0.717, 1.165) is 27.6 Å². The molecule has 2 heterocycles. The normalized spacial score (nSPS) is 14.8. The van der Waals surface area contributed by atoms with Crippen molar-refractivity contribution in [3.05, 3.63) is 98.9 Å². The van der Waals surface area contributed by atoms with Crippen molar-refractivity contribution in [3.63, 3.8) is 0 Å². The Morgan fingerprint density at radius 2 is 1.70 bits per heavy atom. The topological polar surface area (TPSA) is 78.2 Å². The lowest BCUT2D eigenvalue weighted by atomic mass is 9.91. The Hall–Kier alpha value is -4.26. The molecule has 7 heteroatoms. The Balaban J connectivity index is 1.51. The van der Waals surface area contributed by atoms with Crippen molar-refractivity contribution in [1.29, 1.82) is 0 Å². The number of fused-ring (bicyclic) bond motifs is 2. The van der Waals surface area contributed by atoms with Gasteiger partial charge in [0.15, 0.2) is 11.5 Å². The molecule has 0 bridgehead atoms. The van der Waals surface area contributed by atoms with Crippen LogP contribution in [-0.4, -0.2) is 38.2 Å². The van der Waals surface area contributed by atoms with Gasteiger partial charge in [0.1, 0.15) is 17.9 Å². The van der Waals surface area contributed by atoms with Crippen molar-refractivity contribution in [2.45, 2.75) is 26.3 Å². The largest absolute Gasteiger partial charge is 0.493 e. The number of amides is 1. The fourth-order valence-corrected chi connectivity index (χ4v) is 4.88. The SMILES string of the molecule is COc1cc2c(cc1OC)[C@H](COc1ccc3c(C)cc(=O)oc3c1)N(C(=O)c1ccc(C)cc1)CC2. The van der Waals surface area contributed by atoms with E-state index in [1.807, 2.05) is 67.3 Å². The number of hydrogen-bond donors (Lipinski definition) is 0. The average molecular weight is 500 g/mol. The smallest absolute Gasteiger partial charge is 0.336 e. The van der Waals surface area contributed by atoms with E-state index in [1.165, 1.54) is 6.07 Å². The van der Waals surface area contributed by atoms with Crippen LogP contribution in [0.25, 0.3) is 11.0 Å². The summed E-state index contributed by atoms with van der Waals surface area (Å²) >= 11 is 0. The van der Waals surface area contributed by atoms with E-state index in [-0.39, 0.29) is 18.6 Å². The molecule has 0 radical (unpaired) electrons. The minimum Gasteiger partial charge on any atom is -0.493 e. The lowest BCUT2D eigenvalue weighted by molar-refractivity contribution is 0.0589. The summed E-state index contributed by atoms with van der Waals surface area (Å²) in [5.74, 6) is 1.74. The Morgan fingerprint density at radius 1 is 0.973 bits per heavy atom. The maximum absolute atomic E-state index is 13.6. The maximum Gasteiger partial charge on any atom is 0.336 e. The third kappa shape index (κ3) is 4.77. The number of methoxy groups -OCH3 is 2. The number of aryl methyl sites for hydroxylation is 2. The zero-order valence-corrected chi connectivity index (χ0v) is 21.4. The second-order valence-corrected chi connectivity index (χ2v) is 9.25. The standard InChI is InChI=1S/C30H29NO6/c1-18-5-7-20(8-6-18)30(33)31-12-11-21-14-27(34-3)28(35-4)16-24(21)25(31)17-36-22-9-10-23-19(2)13-29(32)37-26(23)15-22/h5-10,13-16,25H,11-12,17H2,1-4H3/t25-/m0/s1. The van der Waals surface area contributed by atoms with Gasteiger partial charge in [0, 0.05) is 29.6 Å². The predicted molar refractivity (Wildman–Crippen MR) is 141 cm³/mol. The highest BCUT2D eigenvalue weighted by atomic mass is 16.5. The summed E-state index contributed by atoms with van der Waals surface area (Å²) in [6.07, 6.45) is 0.685. The molecule has 190 valence electrons.